The van der Waals surface area contributed by atoms with Gasteiger partial charge in [0, 0.05) is 13.1 Å². The van der Waals surface area contributed by atoms with Crippen LogP contribution in [0, 0.1) is 0 Å². The molecule has 1 aliphatic heterocycles. The van der Waals surface area contributed by atoms with Crippen LogP contribution >= 0.6 is 0 Å². The molecule has 0 radical (unpaired) electrons. The predicted octanol–water partition coefficient (Wildman–Crippen LogP) is 0.368. The number of nitrogens with one attached hydrogen (secondary N) is 1. The third-order valence-corrected chi connectivity index (χ3v) is 2.07. The fraction of sp³-hybridized carbons (Fsp3) is 0.875. The van der Waals surface area contributed by atoms with E-state index in [1.54, 1.807) is 4.90 Å². The van der Waals surface area contributed by atoms with Crippen LogP contribution in [-0.4, -0.2) is 43.8 Å². The van der Waals surface area contributed by atoms with Crippen molar-refractivity contribution in [3.05, 3.63) is 0 Å². The molecule has 76 valence electrons. The minimum atomic E-state index is -0.191. The van der Waals surface area contributed by atoms with Gasteiger partial charge in [-0.15, -0.1) is 0 Å². The standard InChI is InChI=1S/C8H16N2O3/c1-3-7-6-10(4-5-13-7)8(11)9-12-2/h7H,3-6H2,1-2H3,(H,9,11). The SMILES string of the molecule is CCC1CN(C(=O)NOC)CCO1. The van der Waals surface area contributed by atoms with E-state index >= 15 is 0 Å². The molecule has 1 aliphatic rings. The molecule has 0 bridgehead atoms. The van der Waals surface area contributed by atoms with Crippen molar-refractivity contribution in [2.45, 2.75) is 19.4 Å². The highest BCUT2D eigenvalue weighted by Gasteiger charge is 2.22. The van der Waals surface area contributed by atoms with Crippen LogP contribution in [-0.2, 0) is 9.57 Å². The van der Waals surface area contributed by atoms with Gasteiger partial charge in [-0.25, -0.2) is 10.3 Å². The average molecular weight is 188 g/mol. The Morgan fingerprint density at radius 1 is 1.77 bits per heavy atom. The van der Waals surface area contributed by atoms with Crippen molar-refractivity contribution in [1.82, 2.24) is 10.4 Å². The molecule has 2 amide bonds. The summed E-state index contributed by atoms with van der Waals surface area (Å²) >= 11 is 0. The molecule has 1 N–H and O–H groups in total. The van der Waals surface area contributed by atoms with Crippen molar-refractivity contribution in [2.24, 2.45) is 0 Å². The number of amides is 2. The molecule has 0 aromatic rings. The molecule has 1 unspecified atom stereocenters. The van der Waals surface area contributed by atoms with E-state index in [4.69, 9.17) is 4.74 Å². The number of nitrogens with zero attached hydrogens (tertiary/aromatic N) is 1. The normalized spacial score (nSPS) is 22.9. The average Bonchev–Trinajstić information content (AvgIpc) is 2.18. The van der Waals surface area contributed by atoms with Crippen LogP contribution in [0.25, 0.3) is 0 Å². The van der Waals surface area contributed by atoms with Gasteiger partial charge in [-0.2, -0.15) is 0 Å². The largest absolute Gasteiger partial charge is 0.375 e. The molecule has 0 aromatic carbocycles. The highest BCUT2D eigenvalue weighted by atomic mass is 16.6. The Kier molecular flexibility index (Phi) is 3.98. The molecule has 1 rings (SSSR count). The summed E-state index contributed by atoms with van der Waals surface area (Å²) < 4.78 is 5.42. The Morgan fingerprint density at radius 2 is 2.54 bits per heavy atom. The van der Waals surface area contributed by atoms with Crippen LogP contribution in [0.5, 0.6) is 0 Å². The second-order valence-corrected chi connectivity index (χ2v) is 2.96. The highest BCUT2D eigenvalue weighted by Crippen LogP contribution is 2.07. The number of urea groups is 1. The number of hydrogen-bond acceptors (Lipinski definition) is 3. The van der Waals surface area contributed by atoms with Gasteiger partial charge in [0.05, 0.1) is 19.8 Å². The van der Waals surface area contributed by atoms with Crippen LogP contribution < -0.4 is 5.48 Å². The van der Waals surface area contributed by atoms with Crippen LogP contribution in [0.4, 0.5) is 4.79 Å². The van der Waals surface area contributed by atoms with Crippen molar-refractivity contribution >= 4 is 6.03 Å². The maximum Gasteiger partial charge on any atom is 0.341 e. The third kappa shape index (κ3) is 2.86. The Labute approximate surface area is 77.9 Å². The van der Waals surface area contributed by atoms with Crippen LogP contribution in [0.15, 0.2) is 0 Å². The molecular weight excluding hydrogens is 172 g/mol. The second-order valence-electron chi connectivity index (χ2n) is 2.96. The monoisotopic (exact) mass is 188 g/mol. The number of ether oxygens (including phenoxy) is 1. The lowest BCUT2D eigenvalue weighted by Crippen LogP contribution is -2.49. The zero-order valence-corrected chi connectivity index (χ0v) is 8.08. The van der Waals surface area contributed by atoms with Gasteiger partial charge in [-0.05, 0) is 6.42 Å². The zero-order valence-electron chi connectivity index (χ0n) is 8.08. The molecular formula is C8H16N2O3. The van der Waals surface area contributed by atoms with E-state index in [2.05, 4.69) is 10.3 Å². The molecule has 1 heterocycles. The maximum atomic E-state index is 11.3. The van der Waals surface area contributed by atoms with Crippen LogP contribution in [0.3, 0.4) is 0 Å². The number of hydrogen-bond donors (Lipinski definition) is 1. The van der Waals surface area contributed by atoms with E-state index in [9.17, 15) is 4.79 Å². The minimum Gasteiger partial charge on any atom is -0.375 e. The molecule has 5 nitrogen and oxygen atoms in total. The van der Waals surface area contributed by atoms with Gasteiger partial charge in [0.15, 0.2) is 0 Å². The summed E-state index contributed by atoms with van der Waals surface area (Å²) in [5.74, 6) is 0. The number of hydroxylamine groups is 1. The van der Waals surface area contributed by atoms with Gasteiger partial charge in [0.2, 0.25) is 0 Å². The summed E-state index contributed by atoms with van der Waals surface area (Å²) in [5, 5.41) is 0. The minimum absolute atomic E-state index is 0.163. The molecule has 0 aliphatic carbocycles. The van der Waals surface area contributed by atoms with E-state index in [0.717, 1.165) is 6.42 Å². The Hall–Kier alpha value is -0.810. The first-order valence-corrected chi connectivity index (χ1v) is 4.47. The van der Waals surface area contributed by atoms with Gasteiger partial charge >= 0.3 is 6.03 Å². The predicted molar refractivity (Wildman–Crippen MR) is 47.1 cm³/mol. The molecule has 13 heavy (non-hydrogen) atoms. The number of carbonyl (C=O) groups is 1. The van der Waals surface area contributed by atoms with E-state index in [1.807, 2.05) is 6.92 Å². The van der Waals surface area contributed by atoms with Crippen molar-refractivity contribution in [2.75, 3.05) is 26.8 Å². The number of carbonyl (C=O) groups excluding carboxylic acids is 1. The second kappa shape index (κ2) is 5.04. The summed E-state index contributed by atoms with van der Waals surface area (Å²) in [6, 6.07) is -0.191. The fourth-order valence-corrected chi connectivity index (χ4v) is 1.30. The summed E-state index contributed by atoms with van der Waals surface area (Å²) in [6.45, 7) is 3.93. The van der Waals surface area contributed by atoms with Crippen molar-refractivity contribution in [3.63, 3.8) is 0 Å². The molecule has 1 saturated heterocycles. The number of morpholine rings is 1. The quantitative estimate of drug-likeness (QED) is 0.637. The molecule has 0 spiro atoms. The molecule has 1 fully saturated rings. The van der Waals surface area contributed by atoms with Gasteiger partial charge in [-0.1, -0.05) is 6.92 Å². The van der Waals surface area contributed by atoms with Crippen molar-refractivity contribution < 1.29 is 14.4 Å². The van der Waals surface area contributed by atoms with Crippen LogP contribution in [0.1, 0.15) is 13.3 Å². The lowest BCUT2D eigenvalue weighted by molar-refractivity contribution is -0.0226. The molecule has 0 aromatic heterocycles. The van der Waals surface area contributed by atoms with E-state index in [-0.39, 0.29) is 12.1 Å². The van der Waals surface area contributed by atoms with Gasteiger partial charge < -0.3 is 9.64 Å². The van der Waals surface area contributed by atoms with Gasteiger partial charge in [0.25, 0.3) is 0 Å². The summed E-state index contributed by atoms with van der Waals surface area (Å²) in [4.78, 5) is 17.5. The Bertz CT molecular complexity index is 175. The summed E-state index contributed by atoms with van der Waals surface area (Å²) in [6.07, 6.45) is 1.09. The lowest BCUT2D eigenvalue weighted by atomic mass is 10.2. The first-order valence-electron chi connectivity index (χ1n) is 4.47. The highest BCUT2D eigenvalue weighted by molar-refractivity contribution is 5.73. The zero-order chi connectivity index (χ0) is 9.68. The molecule has 1 atom stereocenters. The maximum absolute atomic E-state index is 11.3. The Balaban J connectivity index is 2.37. The summed E-state index contributed by atoms with van der Waals surface area (Å²) in [7, 11) is 1.43. The molecule has 0 saturated carbocycles. The first-order chi connectivity index (χ1) is 6.27. The molecule has 5 heteroatoms. The van der Waals surface area contributed by atoms with Crippen molar-refractivity contribution in [3.8, 4) is 0 Å². The topological polar surface area (TPSA) is 50.8 Å². The smallest absolute Gasteiger partial charge is 0.341 e. The van der Waals surface area contributed by atoms with E-state index in [1.165, 1.54) is 7.11 Å². The number of rotatable bonds is 2. The van der Waals surface area contributed by atoms with Gasteiger partial charge in [-0.3, -0.25) is 4.84 Å². The van der Waals surface area contributed by atoms with E-state index in [0.29, 0.717) is 19.7 Å². The summed E-state index contributed by atoms with van der Waals surface area (Å²) in [5.41, 5.74) is 2.29. The fourth-order valence-electron chi connectivity index (χ4n) is 1.30. The van der Waals surface area contributed by atoms with E-state index < -0.39 is 0 Å². The van der Waals surface area contributed by atoms with Crippen LogP contribution in [0.2, 0.25) is 0 Å². The third-order valence-electron chi connectivity index (χ3n) is 2.07. The van der Waals surface area contributed by atoms with Crippen molar-refractivity contribution in [1.29, 1.82) is 0 Å². The van der Waals surface area contributed by atoms with Gasteiger partial charge in [0.1, 0.15) is 0 Å². The Morgan fingerprint density at radius 3 is 3.15 bits per heavy atom. The first kappa shape index (κ1) is 10.3. The lowest BCUT2D eigenvalue weighted by Gasteiger charge is -2.31.